The lowest BCUT2D eigenvalue weighted by molar-refractivity contribution is -0.0891. The van der Waals surface area contributed by atoms with Gasteiger partial charge in [0.2, 0.25) is 0 Å². The van der Waals surface area contributed by atoms with Gasteiger partial charge in [-0.3, -0.25) is 4.90 Å². The van der Waals surface area contributed by atoms with E-state index in [2.05, 4.69) is 50.3 Å². The van der Waals surface area contributed by atoms with Crippen molar-refractivity contribution in [2.75, 3.05) is 70.3 Å². The summed E-state index contributed by atoms with van der Waals surface area (Å²) in [7, 11) is 0. The molecule has 0 aromatic heterocycles. The fourth-order valence-corrected chi connectivity index (χ4v) is 4.65. The molecule has 5 nitrogen and oxygen atoms in total. The standard InChI is InChI=1S/C20H32N4O.2ClH/c25-20-6-8-21-16-18(20)17-23(9-7-20)11-10-22-12-14-24(15-13-22)19-4-2-1-3-5-19;;/h1-5,18,21,25H,6-17H2;2*1H/t18-,20-;;/m0../s1. The van der Waals surface area contributed by atoms with Crippen LogP contribution in [0.4, 0.5) is 5.69 Å². The van der Waals surface area contributed by atoms with Gasteiger partial charge in [-0.05, 0) is 31.5 Å². The maximum Gasteiger partial charge on any atom is 0.0724 e. The first-order valence-corrected chi connectivity index (χ1v) is 9.91. The van der Waals surface area contributed by atoms with Gasteiger partial charge in [0, 0.05) is 70.5 Å². The number of hydrogen-bond donors (Lipinski definition) is 2. The quantitative estimate of drug-likeness (QED) is 0.781. The highest BCUT2D eigenvalue weighted by Crippen LogP contribution is 2.32. The number of halogens is 2. The first kappa shape index (κ1) is 22.7. The molecule has 2 N–H and O–H groups in total. The molecule has 0 aliphatic carbocycles. The summed E-state index contributed by atoms with van der Waals surface area (Å²) in [6, 6.07) is 10.8. The van der Waals surface area contributed by atoms with E-state index in [0.29, 0.717) is 5.92 Å². The minimum Gasteiger partial charge on any atom is -0.389 e. The molecule has 0 amide bonds. The van der Waals surface area contributed by atoms with Crippen molar-refractivity contribution in [3.63, 3.8) is 0 Å². The Morgan fingerprint density at radius 1 is 0.926 bits per heavy atom. The largest absolute Gasteiger partial charge is 0.389 e. The summed E-state index contributed by atoms with van der Waals surface area (Å²) >= 11 is 0. The van der Waals surface area contributed by atoms with E-state index < -0.39 is 5.60 Å². The third-order valence-electron chi connectivity index (χ3n) is 6.45. The minimum atomic E-state index is -0.400. The van der Waals surface area contributed by atoms with Crippen LogP contribution in [0, 0.1) is 5.92 Å². The number of para-hydroxylation sites is 1. The molecule has 1 aromatic rings. The number of piperazine rings is 1. The third kappa shape index (κ3) is 5.49. The third-order valence-corrected chi connectivity index (χ3v) is 6.45. The normalized spacial score (nSPS) is 29.4. The van der Waals surface area contributed by atoms with Crippen molar-refractivity contribution in [1.29, 1.82) is 0 Å². The number of piperidine rings is 2. The van der Waals surface area contributed by atoms with Crippen LogP contribution >= 0.6 is 24.8 Å². The van der Waals surface area contributed by atoms with Gasteiger partial charge in [0.1, 0.15) is 0 Å². The molecule has 0 unspecified atom stereocenters. The summed E-state index contributed by atoms with van der Waals surface area (Å²) < 4.78 is 0. The summed E-state index contributed by atoms with van der Waals surface area (Å²) in [6.45, 7) is 10.9. The van der Waals surface area contributed by atoms with Gasteiger partial charge in [-0.25, -0.2) is 0 Å². The maximum absolute atomic E-state index is 10.8. The zero-order valence-corrected chi connectivity index (χ0v) is 17.7. The summed E-state index contributed by atoms with van der Waals surface area (Å²) in [6.07, 6.45) is 1.87. The van der Waals surface area contributed by atoms with E-state index >= 15 is 0 Å². The molecule has 3 heterocycles. The maximum atomic E-state index is 10.8. The predicted octanol–water partition coefficient (Wildman–Crippen LogP) is 1.70. The Balaban J connectivity index is 0.00000131. The lowest BCUT2D eigenvalue weighted by Gasteiger charge is -2.48. The van der Waals surface area contributed by atoms with Crippen molar-refractivity contribution in [2.45, 2.75) is 18.4 Å². The van der Waals surface area contributed by atoms with Crippen LogP contribution in [0.1, 0.15) is 12.8 Å². The van der Waals surface area contributed by atoms with Crippen LogP contribution in [0.2, 0.25) is 0 Å². The lowest BCUT2D eigenvalue weighted by atomic mass is 9.76. The highest BCUT2D eigenvalue weighted by molar-refractivity contribution is 5.85. The fourth-order valence-electron chi connectivity index (χ4n) is 4.65. The van der Waals surface area contributed by atoms with Gasteiger partial charge in [-0.15, -0.1) is 24.8 Å². The van der Waals surface area contributed by atoms with E-state index in [0.717, 1.165) is 78.3 Å². The van der Waals surface area contributed by atoms with Gasteiger partial charge in [0.15, 0.2) is 0 Å². The number of hydrogen-bond acceptors (Lipinski definition) is 5. The number of nitrogens with one attached hydrogen (secondary N) is 1. The van der Waals surface area contributed by atoms with Crippen LogP contribution in [-0.4, -0.2) is 86.0 Å². The van der Waals surface area contributed by atoms with Gasteiger partial charge < -0.3 is 20.2 Å². The zero-order chi connectivity index (χ0) is 17.1. The molecule has 0 saturated carbocycles. The highest BCUT2D eigenvalue weighted by Gasteiger charge is 2.42. The van der Waals surface area contributed by atoms with Crippen LogP contribution in [0.15, 0.2) is 30.3 Å². The Kier molecular flexibility index (Phi) is 8.66. The Hall–Kier alpha value is -0.560. The molecular weight excluding hydrogens is 383 g/mol. The van der Waals surface area contributed by atoms with Gasteiger partial charge in [-0.2, -0.15) is 0 Å². The number of anilines is 1. The van der Waals surface area contributed by atoms with E-state index in [-0.39, 0.29) is 24.8 Å². The fraction of sp³-hybridized carbons (Fsp3) is 0.700. The summed E-state index contributed by atoms with van der Waals surface area (Å²) in [5, 5.41) is 14.2. The second-order valence-electron chi connectivity index (χ2n) is 7.97. The first-order chi connectivity index (χ1) is 12.2. The van der Waals surface area contributed by atoms with Crippen LogP contribution in [0.25, 0.3) is 0 Å². The molecule has 0 radical (unpaired) electrons. The number of aliphatic hydroxyl groups is 1. The average Bonchev–Trinajstić information content (AvgIpc) is 2.67. The van der Waals surface area contributed by atoms with Crippen LogP contribution in [-0.2, 0) is 0 Å². The Bertz CT molecular complexity index is 556. The topological polar surface area (TPSA) is 42.0 Å². The van der Waals surface area contributed by atoms with Crippen molar-refractivity contribution >= 4 is 30.5 Å². The van der Waals surface area contributed by atoms with Gasteiger partial charge in [-0.1, -0.05) is 18.2 Å². The molecule has 3 aliphatic heterocycles. The highest BCUT2D eigenvalue weighted by atomic mass is 35.5. The number of likely N-dealkylation sites (tertiary alicyclic amines) is 1. The second-order valence-corrected chi connectivity index (χ2v) is 7.97. The number of nitrogens with zero attached hydrogens (tertiary/aromatic N) is 3. The van der Waals surface area contributed by atoms with Crippen molar-refractivity contribution < 1.29 is 5.11 Å². The molecular formula is C20H34Cl2N4O. The molecule has 7 heteroatoms. The van der Waals surface area contributed by atoms with Crippen LogP contribution < -0.4 is 10.2 Å². The lowest BCUT2D eigenvalue weighted by Crippen LogP contribution is -2.59. The predicted molar refractivity (Wildman–Crippen MR) is 117 cm³/mol. The van der Waals surface area contributed by atoms with Crippen molar-refractivity contribution in [1.82, 2.24) is 15.1 Å². The summed E-state index contributed by atoms with van der Waals surface area (Å²) in [5.41, 5.74) is 0.950. The van der Waals surface area contributed by atoms with Gasteiger partial charge >= 0.3 is 0 Å². The molecule has 27 heavy (non-hydrogen) atoms. The zero-order valence-electron chi connectivity index (χ0n) is 16.1. The van der Waals surface area contributed by atoms with Crippen molar-refractivity contribution in [3.05, 3.63) is 30.3 Å². The minimum absolute atomic E-state index is 0. The van der Waals surface area contributed by atoms with Crippen LogP contribution in [0.3, 0.4) is 0 Å². The molecule has 1 aromatic carbocycles. The molecule has 3 aliphatic rings. The molecule has 154 valence electrons. The molecule has 3 saturated heterocycles. The molecule has 3 fully saturated rings. The molecule has 0 spiro atoms. The monoisotopic (exact) mass is 416 g/mol. The number of fused-ring (bicyclic) bond motifs is 1. The van der Waals surface area contributed by atoms with E-state index in [1.807, 2.05) is 0 Å². The van der Waals surface area contributed by atoms with E-state index in [1.54, 1.807) is 0 Å². The Labute approximate surface area is 175 Å². The molecule has 2 atom stereocenters. The SMILES string of the molecule is Cl.Cl.O[C@]12CCNC[C@H]1CN(CCN1CCN(c3ccccc3)CC1)CC2. The number of rotatable bonds is 4. The van der Waals surface area contributed by atoms with Crippen molar-refractivity contribution in [3.8, 4) is 0 Å². The van der Waals surface area contributed by atoms with Crippen LogP contribution in [0.5, 0.6) is 0 Å². The number of benzene rings is 1. The van der Waals surface area contributed by atoms with E-state index in [4.69, 9.17) is 0 Å². The molecule has 0 bridgehead atoms. The van der Waals surface area contributed by atoms with E-state index in [1.165, 1.54) is 5.69 Å². The average molecular weight is 417 g/mol. The van der Waals surface area contributed by atoms with E-state index in [9.17, 15) is 5.11 Å². The van der Waals surface area contributed by atoms with Gasteiger partial charge in [0.05, 0.1) is 5.60 Å². The van der Waals surface area contributed by atoms with Crippen molar-refractivity contribution in [2.24, 2.45) is 5.92 Å². The first-order valence-electron chi connectivity index (χ1n) is 9.91. The van der Waals surface area contributed by atoms with Gasteiger partial charge in [0.25, 0.3) is 0 Å². The Morgan fingerprint density at radius 2 is 1.63 bits per heavy atom. The smallest absolute Gasteiger partial charge is 0.0724 e. The Morgan fingerprint density at radius 3 is 2.37 bits per heavy atom. The second kappa shape index (κ2) is 10.3. The summed E-state index contributed by atoms with van der Waals surface area (Å²) in [4.78, 5) is 7.65. The summed E-state index contributed by atoms with van der Waals surface area (Å²) in [5.74, 6) is 0.407. The molecule has 4 rings (SSSR count).